The fraction of sp³-hybridized carbons (Fsp3) is 0.150. The highest BCUT2D eigenvalue weighted by atomic mass is 16.4. The number of hydrogen-bond donors (Lipinski definition) is 3. The van der Waals surface area contributed by atoms with Gasteiger partial charge >= 0.3 is 5.97 Å². The molecular weight excluding hydrogens is 330 g/mol. The SMILES string of the molecule is CCc1ccc(NC(=O)Cc2ccc3cccc(N)c3n2)c(C(=O)O)c1. The summed E-state index contributed by atoms with van der Waals surface area (Å²) in [5.74, 6) is -1.41. The Morgan fingerprint density at radius 1 is 1.15 bits per heavy atom. The Hall–Kier alpha value is -3.41. The van der Waals surface area contributed by atoms with Gasteiger partial charge in [-0.1, -0.05) is 31.2 Å². The number of benzene rings is 2. The van der Waals surface area contributed by atoms with Crippen molar-refractivity contribution in [3.63, 3.8) is 0 Å². The van der Waals surface area contributed by atoms with Crippen molar-refractivity contribution in [2.24, 2.45) is 0 Å². The maximum Gasteiger partial charge on any atom is 0.337 e. The van der Waals surface area contributed by atoms with Gasteiger partial charge < -0.3 is 16.2 Å². The highest BCUT2D eigenvalue weighted by Crippen LogP contribution is 2.21. The summed E-state index contributed by atoms with van der Waals surface area (Å²) in [7, 11) is 0. The number of carboxylic acid groups (broad SMARTS) is 1. The molecule has 0 saturated heterocycles. The second-order valence-corrected chi connectivity index (χ2v) is 5.99. The Labute approximate surface area is 150 Å². The third-order valence-corrected chi connectivity index (χ3v) is 4.15. The van der Waals surface area contributed by atoms with Crippen LogP contribution in [0.4, 0.5) is 11.4 Å². The van der Waals surface area contributed by atoms with Crippen LogP contribution in [0.1, 0.15) is 28.5 Å². The minimum atomic E-state index is -1.08. The van der Waals surface area contributed by atoms with E-state index in [1.807, 2.05) is 25.1 Å². The van der Waals surface area contributed by atoms with Gasteiger partial charge in [-0.05, 0) is 36.2 Å². The van der Waals surface area contributed by atoms with E-state index in [1.165, 1.54) is 0 Å². The Kier molecular flexibility index (Phi) is 4.84. The van der Waals surface area contributed by atoms with E-state index < -0.39 is 5.97 Å². The first-order valence-electron chi connectivity index (χ1n) is 8.28. The molecule has 0 spiro atoms. The molecule has 1 heterocycles. The molecule has 26 heavy (non-hydrogen) atoms. The fourth-order valence-electron chi connectivity index (χ4n) is 2.77. The molecule has 0 saturated carbocycles. The van der Waals surface area contributed by atoms with Gasteiger partial charge in [0.25, 0.3) is 0 Å². The third-order valence-electron chi connectivity index (χ3n) is 4.15. The minimum Gasteiger partial charge on any atom is -0.478 e. The Morgan fingerprint density at radius 2 is 1.96 bits per heavy atom. The van der Waals surface area contributed by atoms with Crippen LogP contribution in [0.3, 0.4) is 0 Å². The number of aromatic nitrogens is 1. The van der Waals surface area contributed by atoms with Gasteiger partial charge in [-0.15, -0.1) is 0 Å². The molecule has 3 aromatic rings. The van der Waals surface area contributed by atoms with Crippen LogP contribution >= 0.6 is 0 Å². The van der Waals surface area contributed by atoms with Crippen LogP contribution in [0.2, 0.25) is 0 Å². The maximum atomic E-state index is 12.4. The number of amides is 1. The lowest BCUT2D eigenvalue weighted by Gasteiger charge is -2.10. The zero-order valence-corrected chi connectivity index (χ0v) is 14.3. The van der Waals surface area contributed by atoms with E-state index in [1.54, 1.807) is 30.3 Å². The molecule has 1 amide bonds. The van der Waals surface area contributed by atoms with Crippen molar-refractivity contribution in [3.8, 4) is 0 Å². The van der Waals surface area contributed by atoms with Crippen molar-refractivity contribution in [2.45, 2.75) is 19.8 Å². The van der Waals surface area contributed by atoms with Crippen molar-refractivity contribution in [1.82, 2.24) is 4.98 Å². The highest BCUT2D eigenvalue weighted by Gasteiger charge is 2.14. The first-order valence-corrected chi connectivity index (χ1v) is 8.28. The van der Waals surface area contributed by atoms with E-state index >= 15 is 0 Å². The quantitative estimate of drug-likeness (QED) is 0.613. The second kappa shape index (κ2) is 7.23. The summed E-state index contributed by atoms with van der Waals surface area (Å²) < 4.78 is 0. The summed E-state index contributed by atoms with van der Waals surface area (Å²) in [5.41, 5.74) is 8.95. The lowest BCUT2D eigenvalue weighted by Crippen LogP contribution is -2.17. The smallest absolute Gasteiger partial charge is 0.337 e. The van der Waals surface area contributed by atoms with Crippen molar-refractivity contribution in [2.75, 3.05) is 11.1 Å². The fourth-order valence-corrected chi connectivity index (χ4v) is 2.77. The van der Waals surface area contributed by atoms with Gasteiger partial charge in [0.05, 0.1) is 34.6 Å². The molecule has 0 radical (unpaired) electrons. The lowest BCUT2D eigenvalue weighted by molar-refractivity contribution is -0.115. The average molecular weight is 349 g/mol. The van der Waals surface area contributed by atoms with Crippen molar-refractivity contribution in [1.29, 1.82) is 0 Å². The summed E-state index contributed by atoms with van der Waals surface area (Å²) in [4.78, 5) is 28.2. The Morgan fingerprint density at radius 3 is 2.69 bits per heavy atom. The van der Waals surface area contributed by atoms with E-state index in [0.29, 0.717) is 16.9 Å². The number of carboxylic acids is 1. The van der Waals surface area contributed by atoms with Crippen LogP contribution in [0.25, 0.3) is 10.9 Å². The van der Waals surface area contributed by atoms with E-state index in [4.69, 9.17) is 5.73 Å². The first-order chi connectivity index (χ1) is 12.5. The van der Waals surface area contributed by atoms with Crippen molar-refractivity contribution in [3.05, 3.63) is 65.4 Å². The van der Waals surface area contributed by atoms with E-state index in [-0.39, 0.29) is 23.6 Å². The summed E-state index contributed by atoms with van der Waals surface area (Å²) >= 11 is 0. The Bertz CT molecular complexity index is 999. The maximum absolute atomic E-state index is 12.4. The second-order valence-electron chi connectivity index (χ2n) is 5.99. The van der Waals surface area contributed by atoms with Gasteiger partial charge in [0.1, 0.15) is 0 Å². The highest BCUT2D eigenvalue weighted by molar-refractivity contribution is 6.01. The number of rotatable bonds is 5. The minimum absolute atomic E-state index is 0.0266. The normalized spacial score (nSPS) is 10.7. The van der Waals surface area contributed by atoms with E-state index in [9.17, 15) is 14.7 Å². The first kappa shape index (κ1) is 17.4. The number of hydrogen-bond acceptors (Lipinski definition) is 4. The number of fused-ring (bicyclic) bond motifs is 1. The molecule has 0 bridgehead atoms. The van der Waals surface area contributed by atoms with Gasteiger partial charge in [-0.3, -0.25) is 9.78 Å². The summed E-state index contributed by atoms with van der Waals surface area (Å²) in [6, 6.07) is 14.1. The van der Waals surface area contributed by atoms with Crippen LogP contribution in [0.5, 0.6) is 0 Å². The third kappa shape index (κ3) is 3.64. The average Bonchev–Trinajstić information content (AvgIpc) is 2.62. The number of aryl methyl sites for hydroxylation is 1. The molecule has 3 rings (SSSR count). The molecule has 132 valence electrons. The predicted molar refractivity (Wildman–Crippen MR) is 101 cm³/mol. The van der Waals surface area contributed by atoms with Crippen LogP contribution in [0.15, 0.2) is 48.5 Å². The number of nitrogens with zero attached hydrogens (tertiary/aromatic N) is 1. The molecule has 4 N–H and O–H groups in total. The molecule has 0 atom stereocenters. The molecule has 0 aliphatic rings. The zero-order chi connectivity index (χ0) is 18.7. The number of pyridine rings is 1. The number of nitrogen functional groups attached to an aromatic ring is 1. The number of carbonyl (C=O) groups is 2. The number of aromatic carboxylic acids is 1. The largest absolute Gasteiger partial charge is 0.478 e. The molecular formula is C20H19N3O3. The topological polar surface area (TPSA) is 105 Å². The summed E-state index contributed by atoms with van der Waals surface area (Å²) in [5, 5.41) is 12.9. The van der Waals surface area contributed by atoms with Crippen LogP contribution in [0, 0.1) is 0 Å². The molecule has 0 aliphatic heterocycles. The van der Waals surface area contributed by atoms with E-state index in [0.717, 1.165) is 17.4 Å². The number of para-hydroxylation sites is 1. The summed E-state index contributed by atoms with van der Waals surface area (Å²) in [6.07, 6.45) is 0.746. The van der Waals surface area contributed by atoms with Gasteiger partial charge in [-0.2, -0.15) is 0 Å². The number of nitrogens with one attached hydrogen (secondary N) is 1. The number of anilines is 2. The molecule has 1 aromatic heterocycles. The van der Waals surface area contributed by atoms with Crippen LogP contribution in [-0.4, -0.2) is 22.0 Å². The number of nitrogens with two attached hydrogens (primary N) is 1. The standard InChI is InChI=1S/C20H19N3O3/c1-2-12-6-9-17(15(10-12)20(25)26)23-18(24)11-14-8-7-13-4-3-5-16(21)19(13)22-14/h3-10H,2,11,21H2,1H3,(H,23,24)(H,25,26). The zero-order valence-electron chi connectivity index (χ0n) is 14.3. The van der Waals surface area contributed by atoms with Crippen molar-refractivity contribution < 1.29 is 14.7 Å². The van der Waals surface area contributed by atoms with Gasteiger partial charge in [0.15, 0.2) is 0 Å². The molecule has 0 fully saturated rings. The molecule has 0 aliphatic carbocycles. The molecule has 2 aromatic carbocycles. The van der Waals surface area contributed by atoms with Gasteiger partial charge in [0, 0.05) is 5.39 Å². The van der Waals surface area contributed by atoms with Crippen molar-refractivity contribution >= 4 is 34.2 Å². The number of carbonyl (C=O) groups excluding carboxylic acids is 1. The molecule has 6 heteroatoms. The monoisotopic (exact) mass is 349 g/mol. The van der Waals surface area contributed by atoms with Gasteiger partial charge in [-0.25, -0.2) is 4.79 Å². The van der Waals surface area contributed by atoms with Crippen LogP contribution < -0.4 is 11.1 Å². The summed E-state index contributed by atoms with van der Waals surface area (Å²) in [6.45, 7) is 1.94. The molecule has 6 nitrogen and oxygen atoms in total. The Balaban J connectivity index is 1.81. The predicted octanol–water partition coefficient (Wildman–Crippen LogP) is 3.26. The van der Waals surface area contributed by atoms with E-state index in [2.05, 4.69) is 10.3 Å². The van der Waals surface area contributed by atoms with Gasteiger partial charge in [0.2, 0.25) is 5.91 Å². The lowest BCUT2D eigenvalue weighted by atomic mass is 10.1. The van der Waals surface area contributed by atoms with Crippen LogP contribution in [-0.2, 0) is 17.6 Å². The molecule has 0 unspecified atom stereocenters.